The van der Waals surface area contributed by atoms with Gasteiger partial charge in [-0.1, -0.05) is 18.2 Å². The molecule has 2 aromatic carbocycles. The van der Waals surface area contributed by atoms with Crippen molar-refractivity contribution in [1.29, 1.82) is 0 Å². The van der Waals surface area contributed by atoms with Gasteiger partial charge in [0.2, 0.25) is 10.0 Å². The molecule has 1 fully saturated rings. The number of para-hydroxylation sites is 1. The van der Waals surface area contributed by atoms with Crippen LogP contribution in [0.4, 0.5) is 0 Å². The van der Waals surface area contributed by atoms with Crippen LogP contribution in [0.5, 0.6) is 5.75 Å². The number of nitrogens with one attached hydrogen (secondary N) is 2. The topological polar surface area (TPSA) is 91.5 Å². The van der Waals surface area contributed by atoms with Crippen LogP contribution in [0.1, 0.15) is 34.8 Å². The van der Waals surface area contributed by atoms with Gasteiger partial charge in [-0.3, -0.25) is 4.79 Å². The molecular weight excluding hydrogens is 402 g/mol. The second-order valence-corrected chi connectivity index (χ2v) is 9.31. The number of aromatic nitrogens is 1. The van der Waals surface area contributed by atoms with Gasteiger partial charge in [0, 0.05) is 35.8 Å². The summed E-state index contributed by atoms with van der Waals surface area (Å²) in [6.45, 7) is 1.25. The summed E-state index contributed by atoms with van der Waals surface area (Å²) in [6, 6.07) is 14.9. The molecule has 1 aliphatic rings. The highest BCUT2D eigenvalue weighted by Crippen LogP contribution is 2.31. The Labute approximate surface area is 176 Å². The molecule has 0 unspecified atom stereocenters. The van der Waals surface area contributed by atoms with Crippen molar-refractivity contribution in [3.05, 3.63) is 59.8 Å². The first-order chi connectivity index (χ1) is 14.4. The predicted molar refractivity (Wildman–Crippen MR) is 115 cm³/mol. The molecule has 1 saturated heterocycles. The first-order valence-corrected chi connectivity index (χ1v) is 11.4. The third-order valence-corrected chi connectivity index (χ3v) is 7.18. The van der Waals surface area contributed by atoms with E-state index >= 15 is 0 Å². The number of nitrogens with zero attached hydrogens (tertiary/aromatic N) is 1. The fourth-order valence-electron chi connectivity index (χ4n) is 4.02. The van der Waals surface area contributed by atoms with E-state index in [0.717, 1.165) is 18.4 Å². The number of hydrogen-bond donors (Lipinski definition) is 2. The summed E-state index contributed by atoms with van der Waals surface area (Å²) >= 11 is 0. The molecule has 1 aliphatic heterocycles. The third-order valence-electron chi connectivity index (χ3n) is 5.74. The van der Waals surface area contributed by atoms with Crippen molar-refractivity contribution < 1.29 is 17.9 Å². The summed E-state index contributed by atoms with van der Waals surface area (Å²) in [4.78, 5) is 18.3. The van der Waals surface area contributed by atoms with Gasteiger partial charge in [-0.2, -0.15) is 0 Å². The number of rotatable bonds is 5. The zero-order chi connectivity index (χ0) is 21.3. The van der Waals surface area contributed by atoms with Gasteiger partial charge < -0.3 is 14.6 Å². The maximum atomic E-state index is 13.0. The van der Waals surface area contributed by atoms with Crippen molar-refractivity contribution in [2.45, 2.75) is 23.7 Å². The maximum Gasteiger partial charge on any atom is 0.253 e. The van der Waals surface area contributed by atoms with Crippen LogP contribution in [0.2, 0.25) is 0 Å². The molecule has 0 bridgehead atoms. The van der Waals surface area contributed by atoms with E-state index < -0.39 is 10.0 Å². The van der Waals surface area contributed by atoms with Crippen molar-refractivity contribution in [2.75, 3.05) is 27.2 Å². The highest BCUT2D eigenvalue weighted by molar-refractivity contribution is 7.89. The van der Waals surface area contributed by atoms with Gasteiger partial charge in [0.15, 0.2) is 0 Å². The first-order valence-electron chi connectivity index (χ1n) is 9.91. The molecular formula is C22H25N3O4S. The normalized spacial score (nSPS) is 15.5. The van der Waals surface area contributed by atoms with Gasteiger partial charge in [0.1, 0.15) is 10.6 Å². The number of hydrogen-bond acceptors (Lipinski definition) is 4. The Balaban J connectivity index is 1.49. The standard InChI is InChI=1S/C22H25N3O4S/c1-23-30(27,28)21-14-17(7-8-20(21)29-2)22(26)25-11-9-15(10-12-25)19-13-16-5-3-4-6-18(16)24-19/h3-8,13-15,23-24H,9-12H2,1-2H3. The molecule has 0 atom stereocenters. The molecule has 4 rings (SSSR count). The summed E-state index contributed by atoms with van der Waals surface area (Å²) in [7, 11) is -1.00. The Morgan fingerprint density at radius 2 is 1.87 bits per heavy atom. The van der Waals surface area contributed by atoms with Crippen molar-refractivity contribution in [1.82, 2.24) is 14.6 Å². The maximum absolute atomic E-state index is 13.0. The molecule has 2 N–H and O–H groups in total. The van der Waals surface area contributed by atoms with E-state index in [9.17, 15) is 13.2 Å². The highest BCUT2D eigenvalue weighted by Gasteiger charge is 2.27. The molecule has 8 heteroatoms. The second-order valence-electron chi connectivity index (χ2n) is 7.45. The van der Waals surface area contributed by atoms with Crippen LogP contribution in [0.3, 0.4) is 0 Å². The minimum absolute atomic E-state index is 0.0358. The fourth-order valence-corrected chi connectivity index (χ4v) is 4.94. The van der Waals surface area contributed by atoms with Gasteiger partial charge >= 0.3 is 0 Å². The van der Waals surface area contributed by atoms with E-state index in [1.807, 2.05) is 12.1 Å². The number of amides is 1. The Hall–Kier alpha value is -2.84. The minimum atomic E-state index is -3.74. The molecule has 0 saturated carbocycles. The van der Waals surface area contributed by atoms with E-state index in [1.54, 1.807) is 11.0 Å². The zero-order valence-electron chi connectivity index (χ0n) is 17.0. The van der Waals surface area contributed by atoms with Crippen LogP contribution in [0.25, 0.3) is 10.9 Å². The molecule has 7 nitrogen and oxygen atoms in total. The number of likely N-dealkylation sites (tertiary alicyclic amines) is 1. The Kier molecular flexibility index (Phi) is 5.53. The van der Waals surface area contributed by atoms with Gasteiger partial charge in [0.25, 0.3) is 5.91 Å². The number of carbonyl (C=O) groups is 1. The second kappa shape index (κ2) is 8.12. The van der Waals surface area contributed by atoms with E-state index in [1.165, 1.54) is 37.4 Å². The smallest absolute Gasteiger partial charge is 0.253 e. The molecule has 0 radical (unpaired) electrons. The number of H-pyrrole nitrogens is 1. The average molecular weight is 428 g/mol. The number of benzene rings is 2. The predicted octanol–water partition coefficient (Wildman–Crippen LogP) is 3.10. The molecule has 2 heterocycles. The summed E-state index contributed by atoms with van der Waals surface area (Å²) in [5.41, 5.74) is 2.67. The van der Waals surface area contributed by atoms with Crippen molar-refractivity contribution >= 4 is 26.8 Å². The average Bonchev–Trinajstić information content (AvgIpc) is 3.22. The van der Waals surface area contributed by atoms with E-state index in [0.29, 0.717) is 24.6 Å². The van der Waals surface area contributed by atoms with Crippen molar-refractivity contribution in [2.24, 2.45) is 0 Å². The van der Waals surface area contributed by atoms with E-state index in [-0.39, 0.29) is 16.6 Å². The molecule has 0 aliphatic carbocycles. The summed E-state index contributed by atoms with van der Waals surface area (Å²) in [5.74, 6) is 0.413. The number of ether oxygens (including phenoxy) is 1. The molecule has 3 aromatic rings. The largest absolute Gasteiger partial charge is 0.495 e. The Morgan fingerprint density at radius 3 is 2.53 bits per heavy atom. The van der Waals surface area contributed by atoms with Crippen LogP contribution in [-0.2, 0) is 10.0 Å². The van der Waals surface area contributed by atoms with Crippen molar-refractivity contribution in [3.63, 3.8) is 0 Å². The van der Waals surface area contributed by atoms with E-state index in [2.05, 4.69) is 27.9 Å². The summed E-state index contributed by atoms with van der Waals surface area (Å²) in [5, 5.41) is 1.20. The lowest BCUT2D eigenvalue weighted by molar-refractivity contribution is 0.0712. The number of piperidine rings is 1. The minimum Gasteiger partial charge on any atom is -0.495 e. The SMILES string of the molecule is CNS(=O)(=O)c1cc(C(=O)N2CCC(c3cc4ccccc4[nH]3)CC2)ccc1OC. The van der Waals surface area contributed by atoms with Gasteiger partial charge in [0.05, 0.1) is 7.11 Å². The van der Waals surface area contributed by atoms with Crippen LogP contribution in [0, 0.1) is 0 Å². The lowest BCUT2D eigenvalue weighted by atomic mass is 9.93. The lowest BCUT2D eigenvalue weighted by Gasteiger charge is -2.32. The van der Waals surface area contributed by atoms with Crippen molar-refractivity contribution in [3.8, 4) is 5.75 Å². The molecule has 158 valence electrons. The lowest BCUT2D eigenvalue weighted by Crippen LogP contribution is -2.38. The fraction of sp³-hybridized carbons (Fsp3) is 0.318. The number of methoxy groups -OCH3 is 1. The molecule has 1 aromatic heterocycles. The summed E-state index contributed by atoms with van der Waals surface area (Å²) in [6.07, 6.45) is 1.72. The number of fused-ring (bicyclic) bond motifs is 1. The Morgan fingerprint density at radius 1 is 1.13 bits per heavy atom. The van der Waals surface area contributed by atoms with Gasteiger partial charge in [-0.15, -0.1) is 0 Å². The number of carbonyl (C=O) groups excluding carboxylic acids is 1. The zero-order valence-corrected chi connectivity index (χ0v) is 17.8. The molecule has 0 spiro atoms. The first kappa shape index (κ1) is 20.4. The highest BCUT2D eigenvalue weighted by atomic mass is 32.2. The monoisotopic (exact) mass is 427 g/mol. The van der Waals surface area contributed by atoms with Crippen LogP contribution >= 0.6 is 0 Å². The summed E-state index contributed by atoms with van der Waals surface area (Å²) < 4.78 is 32.0. The van der Waals surface area contributed by atoms with Gasteiger partial charge in [-0.25, -0.2) is 13.1 Å². The Bertz CT molecular complexity index is 1150. The number of aromatic amines is 1. The van der Waals surface area contributed by atoms with E-state index in [4.69, 9.17) is 4.74 Å². The van der Waals surface area contributed by atoms with Crippen LogP contribution < -0.4 is 9.46 Å². The molecule has 30 heavy (non-hydrogen) atoms. The molecule has 1 amide bonds. The quantitative estimate of drug-likeness (QED) is 0.655. The van der Waals surface area contributed by atoms with Crippen LogP contribution in [0.15, 0.2) is 53.4 Å². The number of sulfonamides is 1. The van der Waals surface area contributed by atoms with Crippen LogP contribution in [-0.4, -0.2) is 51.5 Å². The van der Waals surface area contributed by atoms with Gasteiger partial charge in [-0.05, 0) is 55.6 Å². The third kappa shape index (κ3) is 3.80.